The van der Waals surface area contributed by atoms with E-state index in [0.29, 0.717) is 6.61 Å². The van der Waals surface area contributed by atoms with Gasteiger partial charge in [0.25, 0.3) is 0 Å². The van der Waals surface area contributed by atoms with Crippen LogP contribution in [0.25, 0.3) is 0 Å². The fourth-order valence-corrected chi connectivity index (χ4v) is 2.17. The molecule has 0 spiro atoms. The summed E-state index contributed by atoms with van der Waals surface area (Å²) >= 11 is 3.71. The van der Waals surface area contributed by atoms with Crippen molar-refractivity contribution in [3.8, 4) is 0 Å². The standard InChI is InChI=1S/C10H19BrO2/c1-12-7-8-13-6-2-3-10(11)9-4-5-9/h9-10H,2-8H2,1H3. The van der Waals surface area contributed by atoms with Gasteiger partial charge in [-0.2, -0.15) is 0 Å². The Kier molecular flexibility index (Phi) is 6.00. The quantitative estimate of drug-likeness (QED) is 0.487. The number of rotatable bonds is 8. The molecule has 0 aromatic heterocycles. The number of hydrogen-bond donors (Lipinski definition) is 0. The second kappa shape index (κ2) is 6.80. The third-order valence-corrected chi connectivity index (χ3v) is 3.54. The largest absolute Gasteiger partial charge is 0.382 e. The Balaban J connectivity index is 1.77. The molecule has 0 bridgehead atoms. The van der Waals surface area contributed by atoms with Crippen molar-refractivity contribution >= 4 is 15.9 Å². The Labute approximate surface area is 89.1 Å². The van der Waals surface area contributed by atoms with Crippen LogP contribution in [-0.4, -0.2) is 31.8 Å². The molecule has 1 saturated carbocycles. The summed E-state index contributed by atoms with van der Waals surface area (Å²) in [5, 5.41) is 0. The highest BCUT2D eigenvalue weighted by molar-refractivity contribution is 9.09. The van der Waals surface area contributed by atoms with E-state index < -0.39 is 0 Å². The molecule has 1 rings (SSSR count). The maximum Gasteiger partial charge on any atom is 0.0700 e. The molecule has 1 aliphatic carbocycles. The van der Waals surface area contributed by atoms with Gasteiger partial charge in [-0.25, -0.2) is 0 Å². The fraction of sp³-hybridized carbons (Fsp3) is 1.00. The molecule has 1 atom stereocenters. The molecule has 1 fully saturated rings. The normalized spacial score (nSPS) is 18.9. The van der Waals surface area contributed by atoms with Crippen LogP contribution in [0.2, 0.25) is 0 Å². The maximum atomic E-state index is 5.38. The summed E-state index contributed by atoms with van der Waals surface area (Å²) in [5.74, 6) is 0.957. The topological polar surface area (TPSA) is 18.5 Å². The van der Waals surface area contributed by atoms with Gasteiger partial charge < -0.3 is 9.47 Å². The molecule has 78 valence electrons. The lowest BCUT2D eigenvalue weighted by atomic mass is 10.2. The first-order valence-electron chi connectivity index (χ1n) is 5.05. The average Bonchev–Trinajstić information content (AvgIpc) is 2.93. The van der Waals surface area contributed by atoms with Crippen molar-refractivity contribution in [1.29, 1.82) is 0 Å². The van der Waals surface area contributed by atoms with Crippen molar-refractivity contribution < 1.29 is 9.47 Å². The molecule has 0 amide bonds. The van der Waals surface area contributed by atoms with Gasteiger partial charge in [-0.1, -0.05) is 15.9 Å². The first kappa shape index (κ1) is 11.5. The average molecular weight is 251 g/mol. The van der Waals surface area contributed by atoms with Crippen molar-refractivity contribution in [2.24, 2.45) is 5.92 Å². The number of methoxy groups -OCH3 is 1. The predicted molar refractivity (Wildman–Crippen MR) is 57.4 cm³/mol. The van der Waals surface area contributed by atoms with E-state index in [4.69, 9.17) is 9.47 Å². The van der Waals surface area contributed by atoms with Crippen molar-refractivity contribution in [2.75, 3.05) is 26.9 Å². The van der Waals surface area contributed by atoms with Gasteiger partial charge in [0.1, 0.15) is 0 Å². The van der Waals surface area contributed by atoms with Crippen LogP contribution in [0, 0.1) is 5.92 Å². The Bertz CT molecular complexity index is 126. The van der Waals surface area contributed by atoms with Crippen molar-refractivity contribution in [1.82, 2.24) is 0 Å². The first-order valence-corrected chi connectivity index (χ1v) is 5.97. The van der Waals surface area contributed by atoms with Crippen molar-refractivity contribution in [3.63, 3.8) is 0 Å². The monoisotopic (exact) mass is 250 g/mol. The number of hydrogen-bond acceptors (Lipinski definition) is 2. The van der Waals surface area contributed by atoms with E-state index in [1.165, 1.54) is 19.3 Å². The second-order valence-electron chi connectivity index (χ2n) is 3.60. The number of halogens is 1. The number of alkyl halides is 1. The summed E-state index contributed by atoms with van der Waals surface area (Å²) in [6.07, 6.45) is 5.24. The molecule has 0 aliphatic heterocycles. The Morgan fingerprint density at radius 1 is 1.31 bits per heavy atom. The highest BCUT2D eigenvalue weighted by Crippen LogP contribution is 2.38. The first-order chi connectivity index (χ1) is 6.34. The zero-order valence-electron chi connectivity index (χ0n) is 8.30. The molecular formula is C10H19BrO2. The Hall–Kier alpha value is 0.400. The van der Waals surface area contributed by atoms with Gasteiger partial charge in [0, 0.05) is 18.5 Å². The van der Waals surface area contributed by atoms with E-state index in [9.17, 15) is 0 Å². The molecule has 1 unspecified atom stereocenters. The van der Waals surface area contributed by atoms with Crippen molar-refractivity contribution in [2.45, 2.75) is 30.5 Å². The van der Waals surface area contributed by atoms with E-state index in [-0.39, 0.29) is 0 Å². The lowest BCUT2D eigenvalue weighted by molar-refractivity contribution is 0.0687. The van der Waals surface area contributed by atoms with Crippen LogP contribution in [0.4, 0.5) is 0 Å². The third-order valence-electron chi connectivity index (χ3n) is 2.33. The highest BCUT2D eigenvalue weighted by atomic mass is 79.9. The minimum Gasteiger partial charge on any atom is -0.382 e. The zero-order valence-corrected chi connectivity index (χ0v) is 9.88. The van der Waals surface area contributed by atoms with E-state index in [1.807, 2.05) is 0 Å². The van der Waals surface area contributed by atoms with Crippen LogP contribution in [0.3, 0.4) is 0 Å². The molecule has 0 heterocycles. The zero-order chi connectivity index (χ0) is 9.52. The molecule has 3 heteroatoms. The SMILES string of the molecule is COCCOCCCC(Br)C1CC1. The minimum atomic E-state index is 0.709. The highest BCUT2D eigenvalue weighted by Gasteiger charge is 2.28. The molecule has 0 aromatic carbocycles. The van der Waals surface area contributed by atoms with Gasteiger partial charge in [0.15, 0.2) is 0 Å². The van der Waals surface area contributed by atoms with Gasteiger partial charge >= 0.3 is 0 Å². The fourth-order valence-electron chi connectivity index (χ4n) is 1.32. The molecule has 0 radical (unpaired) electrons. The predicted octanol–water partition coefficient (Wildman–Crippen LogP) is 2.60. The molecule has 0 N–H and O–H groups in total. The summed E-state index contributed by atoms with van der Waals surface area (Å²) in [7, 11) is 1.70. The molecule has 2 nitrogen and oxygen atoms in total. The number of ether oxygens (including phenoxy) is 2. The third kappa shape index (κ3) is 5.66. The second-order valence-corrected chi connectivity index (χ2v) is 4.78. The van der Waals surface area contributed by atoms with Crippen molar-refractivity contribution in [3.05, 3.63) is 0 Å². The van der Waals surface area contributed by atoms with E-state index in [2.05, 4.69) is 15.9 Å². The maximum absolute atomic E-state index is 5.38. The van der Waals surface area contributed by atoms with Gasteiger partial charge in [0.05, 0.1) is 13.2 Å². The van der Waals surface area contributed by atoms with Gasteiger partial charge in [-0.05, 0) is 31.6 Å². The lowest BCUT2D eigenvalue weighted by Gasteiger charge is -2.07. The van der Waals surface area contributed by atoms with Gasteiger partial charge in [0.2, 0.25) is 0 Å². The molecule has 0 saturated heterocycles. The van der Waals surface area contributed by atoms with Gasteiger partial charge in [-0.15, -0.1) is 0 Å². The Morgan fingerprint density at radius 2 is 2.08 bits per heavy atom. The van der Waals surface area contributed by atoms with Crippen LogP contribution >= 0.6 is 15.9 Å². The summed E-state index contributed by atoms with van der Waals surface area (Å²) in [6, 6.07) is 0. The van der Waals surface area contributed by atoms with E-state index >= 15 is 0 Å². The van der Waals surface area contributed by atoms with Crippen LogP contribution in [0.15, 0.2) is 0 Å². The van der Waals surface area contributed by atoms with Crippen LogP contribution in [-0.2, 0) is 9.47 Å². The molecule has 13 heavy (non-hydrogen) atoms. The summed E-state index contributed by atoms with van der Waals surface area (Å²) < 4.78 is 10.3. The molecule has 1 aliphatic rings. The van der Waals surface area contributed by atoms with Gasteiger partial charge in [-0.3, -0.25) is 0 Å². The van der Waals surface area contributed by atoms with E-state index in [0.717, 1.165) is 30.4 Å². The van der Waals surface area contributed by atoms with Crippen LogP contribution < -0.4 is 0 Å². The van der Waals surface area contributed by atoms with Crippen LogP contribution in [0.1, 0.15) is 25.7 Å². The summed E-state index contributed by atoms with van der Waals surface area (Å²) in [5.41, 5.74) is 0. The van der Waals surface area contributed by atoms with E-state index in [1.54, 1.807) is 7.11 Å². The minimum absolute atomic E-state index is 0.709. The Morgan fingerprint density at radius 3 is 2.69 bits per heavy atom. The smallest absolute Gasteiger partial charge is 0.0700 e. The molecular weight excluding hydrogens is 232 g/mol. The molecule has 0 aromatic rings. The van der Waals surface area contributed by atoms with Crippen LogP contribution in [0.5, 0.6) is 0 Å². The lowest BCUT2D eigenvalue weighted by Crippen LogP contribution is -2.06. The summed E-state index contributed by atoms with van der Waals surface area (Å²) in [4.78, 5) is 0.735. The summed E-state index contributed by atoms with van der Waals surface area (Å²) in [6.45, 7) is 2.31.